The lowest BCUT2D eigenvalue weighted by Crippen LogP contribution is -2.46. The van der Waals surface area contributed by atoms with Gasteiger partial charge in [0, 0.05) is 32.5 Å². The predicted octanol–water partition coefficient (Wildman–Crippen LogP) is 0.150. The van der Waals surface area contributed by atoms with Crippen LogP contribution in [0.15, 0.2) is 0 Å². The highest BCUT2D eigenvalue weighted by molar-refractivity contribution is 5.76. The van der Waals surface area contributed by atoms with E-state index in [1.165, 1.54) is 7.11 Å². The summed E-state index contributed by atoms with van der Waals surface area (Å²) in [5.74, 6) is 0.0466. The molecule has 1 unspecified atom stereocenters. The summed E-state index contributed by atoms with van der Waals surface area (Å²) in [5, 5.41) is 3.35. The van der Waals surface area contributed by atoms with Crippen LogP contribution >= 0.6 is 0 Å². The van der Waals surface area contributed by atoms with Gasteiger partial charge in [-0.2, -0.15) is 0 Å². The van der Waals surface area contributed by atoms with Crippen LogP contribution < -0.4 is 5.32 Å². The van der Waals surface area contributed by atoms with Gasteiger partial charge in [-0.15, -0.1) is 0 Å². The fourth-order valence-electron chi connectivity index (χ4n) is 1.82. The third-order valence-electron chi connectivity index (χ3n) is 2.85. The topological polar surface area (TPSA) is 58.6 Å². The average molecular weight is 228 g/mol. The molecule has 0 aromatic heterocycles. The molecule has 1 amide bonds. The van der Waals surface area contributed by atoms with Crippen LogP contribution in [-0.4, -0.2) is 50.1 Å². The molecule has 1 aliphatic heterocycles. The molecule has 0 aromatic rings. The molecule has 1 N–H and O–H groups in total. The van der Waals surface area contributed by atoms with Crippen LogP contribution in [0.3, 0.4) is 0 Å². The van der Waals surface area contributed by atoms with Gasteiger partial charge < -0.3 is 15.0 Å². The molecule has 1 saturated heterocycles. The molecule has 0 saturated carbocycles. The fraction of sp³-hybridized carbons (Fsp3) is 0.818. The second kappa shape index (κ2) is 6.48. The largest absolute Gasteiger partial charge is 0.469 e. The Hall–Kier alpha value is -1.10. The molecule has 5 nitrogen and oxygen atoms in total. The van der Waals surface area contributed by atoms with Crippen LogP contribution in [0.1, 0.15) is 25.7 Å². The maximum Gasteiger partial charge on any atom is 0.305 e. The maximum absolute atomic E-state index is 11.2. The number of hydrogen-bond acceptors (Lipinski definition) is 4. The van der Waals surface area contributed by atoms with Crippen molar-refractivity contribution in [1.29, 1.82) is 0 Å². The average Bonchev–Trinajstić information content (AvgIpc) is 2.28. The van der Waals surface area contributed by atoms with Crippen molar-refractivity contribution in [3.05, 3.63) is 0 Å². The van der Waals surface area contributed by atoms with E-state index < -0.39 is 0 Å². The lowest BCUT2D eigenvalue weighted by atomic mass is 10.1. The van der Waals surface area contributed by atoms with Gasteiger partial charge in [0.05, 0.1) is 7.11 Å². The fourth-order valence-corrected chi connectivity index (χ4v) is 1.82. The number of nitrogens with zero attached hydrogens (tertiary/aromatic N) is 1. The molecule has 92 valence electrons. The van der Waals surface area contributed by atoms with Crippen LogP contribution in [0, 0.1) is 0 Å². The smallest absolute Gasteiger partial charge is 0.305 e. The third kappa shape index (κ3) is 4.18. The third-order valence-corrected chi connectivity index (χ3v) is 2.85. The van der Waals surface area contributed by atoms with E-state index in [9.17, 15) is 9.59 Å². The quantitative estimate of drug-likeness (QED) is 0.537. The molecular weight excluding hydrogens is 208 g/mol. The first kappa shape index (κ1) is 13.0. The number of likely N-dealkylation sites (tertiary alicyclic amines) is 1. The van der Waals surface area contributed by atoms with Crippen LogP contribution in [0.5, 0.6) is 0 Å². The van der Waals surface area contributed by atoms with Crippen molar-refractivity contribution in [3.63, 3.8) is 0 Å². The van der Waals surface area contributed by atoms with E-state index in [4.69, 9.17) is 0 Å². The van der Waals surface area contributed by atoms with Gasteiger partial charge in [-0.3, -0.25) is 9.59 Å². The number of nitrogens with one attached hydrogen (secondary N) is 1. The molecule has 1 heterocycles. The van der Waals surface area contributed by atoms with Crippen LogP contribution in [-0.2, 0) is 14.3 Å². The van der Waals surface area contributed by atoms with Crippen molar-refractivity contribution in [3.8, 4) is 0 Å². The zero-order valence-electron chi connectivity index (χ0n) is 9.99. The molecule has 1 fully saturated rings. The highest BCUT2D eigenvalue weighted by Crippen LogP contribution is 2.09. The Morgan fingerprint density at radius 1 is 1.62 bits per heavy atom. The number of amides is 1. The van der Waals surface area contributed by atoms with Gasteiger partial charge in [0.15, 0.2) is 0 Å². The summed E-state index contributed by atoms with van der Waals surface area (Å²) in [6, 6.07) is 0.361. The molecule has 0 radical (unpaired) electrons. The van der Waals surface area contributed by atoms with Gasteiger partial charge in [0.2, 0.25) is 5.91 Å². The minimum Gasteiger partial charge on any atom is -0.469 e. The zero-order valence-corrected chi connectivity index (χ0v) is 9.99. The number of carbonyl (C=O) groups is 2. The molecule has 1 aliphatic rings. The van der Waals surface area contributed by atoms with E-state index in [1.807, 2.05) is 7.05 Å². The van der Waals surface area contributed by atoms with Crippen molar-refractivity contribution in [2.45, 2.75) is 31.7 Å². The summed E-state index contributed by atoms with van der Waals surface area (Å²) in [5.41, 5.74) is 0. The van der Waals surface area contributed by atoms with Crippen molar-refractivity contribution in [2.24, 2.45) is 0 Å². The van der Waals surface area contributed by atoms with E-state index in [2.05, 4.69) is 10.1 Å². The monoisotopic (exact) mass is 228 g/mol. The number of rotatable bonds is 5. The molecule has 16 heavy (non-hydrogen) atoms. The molecular formula is C11H20N2O3. The summed E-state index contributed by atoms with van der Waals surface area (Å²) in [6.07, 6.45) is 2.73. The van der Waals surface area contributed by atoms with E-state index in [1.54, 1.807) is 4.90 Å². The number of esters is 1. The van der Waals surface area contributed by atoms with E-state index in [0.29, 0.717) is 18.9 Å². The highest BCUT2D eigenvalue weighted by Gasteiger charge is 2.21. The Morgan fingerprint density at radius 3 is 3.00 bits per heavy atom. The van der Waals surface area contributed by atoms with Gasteiger partial charge in [0.25, 0.3) is 0 Å². The van der Waals surface area contributed by atoms with Crippen molar-refractivity contribution < 1.29 is 14.3 Å². The van der Waals surface area contributed by atoms with Crippen molar-refractivity contribution in [2.75, 3.05) is 27.2 Å². The Kier molecular flexibility index (Phi) is 5.25. The Bertz CT molecular complexity index is 256. The summed E-state index contributed by atoms with van der Waals surface area (Å²) in [7, 11) is 3.22. The highest BCUT2D eigenvalue weighted by atomic mass is 16.5. The number of ether oxygens (including phenoxy) is 1. The second-order valence-electron chi connectivity index (χ2n) is 4.14. The molecule has 0 bridgehead atoms. The molecule has 5 heteroatoms. The Balaban J connectivity index is 2.09. The number of likely N-dealkylation sites (N-methyl/N-ethyl adjacent to an activating group) is 1. The minimum absolute atomic E-state index is 0.169. The molecule has 1 atom stereocenters. The Labute approximate surface area is 96.1 Å². The van der Waals surface area contributed by atoms with E-state index in [0.717, 1.165) is 25.9 Å². The van der Waals surface area contributed by atoms with Gasteiger partial charge in [-0.05, 0) is 19.4 Å². The van der Waals surface area contributed by atoms with Gasteiger partial charge >= 0.3 is 5.97 Å². The number of piperidine rings is 1. The SMILES string of the molecule is COC(=O)CCCNC1CCC(=O)N(C)C1. The summed E-state index contributed by atoms with van der Waals surface area (Å²) >= 11 is 0. The van der Waals surface area contributed by atoms with Crippen molar-refractivity contribution in [1.82, 2.24) is 10.2 Å². The van der Waals surface area contributed by atoms with E-state index in [-0.39, 0.29) is 11.9 Å². The second-order valence-corrected chi connectivity index (χ2v) is 4.14. The van der Waals surface area contributed by atoms with E-state index >= 15 is 0 Å². The summed E-state index contributed by atoms with van der Waals surface area (Å²) in [6.45, 7) is 1.55. The molecule has 0 aliphatic carbocycles. The lowest BCUT2D eigenvalue weighted by Gasteiger charge is -2.30. The molecule has 0 spiro atoms. The number of hydrogen-bond donors (Lipinski definition) is 1. The first-order valence-corrected chi connectivity index (χ1v) is 5.67. The summed E-state index contributed by atoms with van der Waals surface area (Å²) in [4.78, 5) is 23.8. The standard InChI is InChI=1S/C11H20N2O3/c1-13-8-9(5-6-10(13)14)12-7-3-4-11(15)16-2/h9,12H,3-8H2,1-2H3. The normalized spacial score (nSPS) is 21.0. The maximum atomic E-state index is 11.2. The van der Waals surface area contributed by atoms with Gasteiger partial charge in [-0.25, -0.2) is 0 Å². The molecule has 0 aromatic carbocycles. The first-order chi connectivity index (χ1) is 7.63. The van der Waals surface area contributed by atoms with Gasteiger partial charge in [-0.1, -0.05) is 0 Å². The minimum atomic E-state index is -0.169. The zero-order chi connectivity index (χ0) is 12.0. The predicted molar refractivity (Wildman–Crippen MR) is 59.9 cm³/mol. The number of carbonyl (C=O) groups excluding carboxylic acids is 2. The first-order valence-electron chi connectivity index (χ1n) is 5.67. The Morgan fingerprint density at radius 2 is 2.38 bits per heavy atom. The van der Waals surface area contributed by atoms with Crippen molar-refractivity contribution >= 4 is 11.9 Å². The van der Waals surface area contributed by atoms with Crippen LogP contribution in [0.25, 0.3) is 0 Å². The lowest BCUT2D eigenvalue weighted by molar-refractivity contribution is -0.140. The van der Waals surface area contributed by atoms with Crippen LogP contribution in [0.2, 0.25) is 0 Å². The number of methoxy groups -OCH3 is 1. The van der Waals surface area contributed by atoms with Gasteiger partial charge in [0.1, 0.15) is 0 Å². The summed E-state index contributed by atoms with van der Waals surface area (Å²) < 4.78 is 4.55. The molecule has 1 rings (SSSR count). The van der Waals surface area contributed by atoms with Crippen LogP contribution in [0.4, 0.5) is 0 Å².